The fourth-order valence-corrected chi connectivity index (χ4v) is 1.36. The van der Waals surface area contributed by atoms with E-state index < -0.39 is 17.4 Å². The van der Waals surface area contributed by atoms with Crippen LogP contribution in [0.3, 0.4) is 0 Å². The quantitative estimate of drug-likeness (QED) is 0.698. The van der Waals surface area contributed by atoms with Gasteiger partial charge in [-0.25, -0.2) is 8.78 Å². The number of phenols is 1. The molecule has 0 spiro atoms. The van der Waals surface area contributed by atoms with Gasteiger partial charge in [-0.15, -0.1) is 0 Å². The minimum Gasteiger partial charge on any atom is -0.503 e. The molecule has 2 rings (SSSR count). The highest BCUT2D eigenvalue weighted by Crippen LogP contribution is 2.28. The summed E-state index contributed by atoms with van der Waals surface area (Å²) in [6.07, 6.45) is 0.879. The third-order valence-electron chi connectivity index (χ3n) is 2.27. The van der Waals surface area contributed by atoms with Crippen molar-refractivity contribution in [2.24, 2.45) is 0 Å². The van der Waals surface area contributed by atoms with Gasteiger partial charge in [0.15, 0.2) is 17.4 Å². The van der Waals surface area contributed by atoms with Crippen molar-refractivity contribution >= 4 is 0 Å². The molecule has 2 N–H and O–H groups in total. The molecule has 1 unspecified atom stereocenters. The molecule has 0 bridgehead atoms. The van der Waals surface area contributed by atoms with Crippen molar-refractivity contribution < 1.29 is 13.9 Å². The van der Waals surface area contributed by atoms with Crippen LogP contribution >= 0.6 is 0 Å². The minimum absolute atomic E-state index is 0.0320. The predicted molar refractivity (Wildman–Crippen MR) is 43.4 cm³/mol. The number of nitrogens with one attached hydrogen (secondary N) is 1. The smallest absolute Gasteiger partial charge is 0.187 e. The average molecular weight is 185 g/mol. The highest BCUT2D eigenvalue weighted by Gasteiger charge is 2.21. The molecule has 1 fully saturated rings. The number of hydrogen-bond donors (Lipinski definition) is 2. The molecular weight excluding hydrogens is 176 g/mol. The van der Waals surface area contributed by atoms with Gasteiger partial charge in [-0.2, -0.15) is 0 Å². The summed E-state index contributed by atoms with van der Waals surface area (Å²) in [7, 11) is 0. The molecule has 4 heteroatoms. The lowest BCUT2D eigenvalue weighted by molar-refractivity contribution is 0.368. The molecule has 1 aliphatic heterocycles. The van der Waals surface area contributed by atoms with Crippen molar-refractivity contribution in [3.63, 3.8) is 0 Å². The van der Waals surface area contributed by atoms with E-state index in [9.17, 15) is 8.78 Å². The van der Waals surface area contributed by atoms with Gasteiger partial charge in [0.2, 0.25) is 0 Å². The van der Waals surface area contributed by atoms with E-state index in [0.717, 1.165) is 25.1 Å². The molecule has 2 nitrogen and oxygen atoms in total. The van der Waals surface area contributed by atoms with Gasteiger partial charge < -0.3 is 10.4 Å². The van der Waals surface area contributed by atoms with Crippen molar-refractivity contribution in [2.75, 3.05) is 6.54 Å². The first-order valence-electron chi connectivity index (χ1n) is 4.10. The molecule has 0 aliphatic carbocycles. The molecule has 1 aliphatic rings. The second-order valence-corrected chi connectivity index (χ2v) is 3.13. The molecule has 1 saturated heterocycles. The largest absolute Gasteiger partial charge is 0.503 e. The average Bonchev–Trinajstić information content (AvgIpc) is 1.96. The van der Waals surface area contributed by atoms with Crippen LogP contribution in [0.1, 0.15) is 18.0 Å². The second-order valence-electron chi connectivity index (χ2n) is 3.13. The van der Waals surface area contributed by atoms with Crippen LogP contribution in [0.25, 0.3) is 0 Å². The third-order valence-corrected chi connectivity index (χ3v) is 2.27. The number of benzene rings is 1. The molecule has 1 heterocycles. The summed E-state index contributed by atoms with van der Waals surface area (Å²) >= 11 is 0. The van der Waals surface area contributed by atoms with Crippen LogP contribution < -0.4 is 5.32 Å². The van der Waals surface area contributed by atoms with Gasteiger partial charge in [0.1, 0.15) is 0 Å². The summed E-state index contributed by atoms with van der Waals surface area (Å²) < 4.78 is 25.7. The molecule has 0 amide bonds. The molecule has 0 radical (unpaired) electrons. The van der Waals surface area contributed by atoms with Gasteiger partial charge in [0.25, 0.3) is 0 Å². The van der Waals surface area contributed by atoms with E-state index in [1.54, 1.807) is 0 Å². The second kappa shape index (κ2) is 2.96. The topological polar surface area (TPSA) is 32.3 Å². The summed E-state index contributed by atoms with van der Waals surface area (Å²) in [5, 5.41) is 11.9. The van der Waals surface area contributed by atoms with Crippen LogP contribution in [0.4, 0.5) is 8.78 Å². The predicted octanol–water partition coefficient (Wildman–Crippen LogP) is 1.70. The highest BCUT2D eigenvalue weighted by atomic mass is 19.1. The molecular formula is C9H9F2NO. The van der Waals surface area contributed by atoms with E-state index in [2.05, 4.69) is 5.32 Å². The van der Waals surface area contributed by atoms with Crippen LogP contribution in [0.5, 0.6) is 5.75 Å². The van der Waals surface area contributed by atoms with Gasteiger partial charge in [0.05, 0.1) is 0 Å². The Bertz CT molecular complexity index is 313. The van der Waals surface area contributed by atoms with Gasteiger partial charge in [-0.1, -0.05) is 0 Å². The van der Waals surface area contributed by atoms with Crippen LogP contribution in [0.2, 0.25) is 0 Å². The number of hydrogen-bond acceptors (Lipinski definition) is 2. The van der Waals surface area contributed by atoms with Gasteiger partial charge in [0, 0.05) is 6.04 Å². The van der Waals surface area contributed by atoms with E-state index in [1.165, 1.54) is 0 Å². The van der Waals surface area contributed by atoms with Gasteiger partial charge in [-0.05, 0) is 30.7 Å². The van der Waals surface area contributed by atoms with Gasteiger partial charge in [-0.3, -0.25) is 0 Å². The molecule has 0 aromatic heterocycles. The molecule has 1 aromatic rings. The van der Waals surface area contributed by atoms with Crippen molar-refractivity contribution in [1.29, 1.82) is 0 Å². The van der Waals surface area contributed by atoms with E-state index in [0.29, 0.717) is 5.56 Å². The zero-order valence-electron chi connectivity index (χ0n) is 6.85. The fourth-order valence-electron chi connectivity index (χ4n) is 1.36. The summed E-state index contributed by atoms with van der Waals surface area (Å²) in [6, 6.07) is 2.36. The zero-order chi connectivity index (χ0) is 9.42. The normalized spacial score (nSPS) is 21.2. The van der Waals surface area contributed by atoms with Crippen molar-refractivity contribution in [3.8, 4) is 5.75 Å². The van der Waals surface area contributed by atoms with E-state index in [1.807, 2.05) is 0 Å². The van der Waals surface area contributed by atoms with Crippen molar-refractivity contribution in [3.05, 3.63) is 29.3 Å². The van der Waals surface area contributed by atoms with Gasteiger partial charge >= 0.3 is 0 Å². The SMILES string of the molecule is Oc1c(F)cc(C2CCN2)cc1F. The zero-order valence-corrected chi connectivity index (χ0v) is 6.85. The maximum absolute atomic E-state index is 12.8. The van der Waals surface area contributed by atoms with Crippen LogP contribution in [-0.2, 0) is 0 Å². The first-order chi connectivity index (χ1) is 6.18. The lowest BCUT2D eigenvalue weighted by Crippen LogP contribution is -2.35. The first-order valence-corrected chi connectivity index (χ1v) is 4.10. The lowest BCUT2D eigenvalue weighted by atomic mass is 9.98. The summed E-state index contributed by atoms with van der Waals surface area (Å²) in [4.78, 5) is 0. The Morgan fingerprint density at radius 1 is 1.31 bits per heavy atom. The highest BCUT2D eigenvalue weighted by molar-refractivity contribution is 5.32. The molecule has 1 atom stereocenters. The Hall–Kier alpha value is -1.16. The molecule has 0 saturated carbocycles. The van der Waals surface area contributed by atoms with Crippen LogP contribution in [0, 0.1) is 11.6 Å². The molecule has 70 valence electrons. The summed E-state index contributed by atoms with van der Waals surface area (Å²) in [5.74, 6) is -2.70. The Labute approximate surface area is 74.2 Å². The minimum atomic E-state index is -0.900. The Kier molecular flexibility index (Phi) is 1.92. The van der Waals surface area contributed by atoms with E-state index in [4.69, 9.17) is 5.11 Å². The molecule has 13 heavy (non-hydrogen) atoms. The Balaban J connectivity index is 2.37. The van der Waals surface area contributed by atoms with Crippen LogP contribution in [-0.4, -0.2) is 11.7 Å². The summed E-state index contributed by atoms with van der Waals surface area (Å²) in [5.41, 5.74) is 0.555. The Morgan fingerprint density at radius 3 is 2.23 bits per heavy atom. The number of rotatable bonds is 1. The van der Waals surface area contributed by atoms with E-state index in [-0.39, 0.29) is 6.04 Å². The monoisotopic (exact) mass is 185 g/mol. The fraction of sp³-hybridized carbons (Fsp3) is 0.333. The maximum atomic E-state index is 12.8. The molecule has 1 aromatic carbocycles. The van der Waals surface area contributed by atoms with E-state index >= 15 is 0 Å². The number of halogens is 2. The third kappa shape index (κ3) is 1.37. The maximum Gasteiger partial charge on any atom is 0.187 e. The number of aromatic hydroxyl groups is 1. The lowest BCUT2D eigenvalue weighted by Gasteiger charge is -2.28. The number of phenolic OH excluding ortho intramolecular Hbond substituents is 1. The van der Waals surface area contributed by atoms with Crippen molar-refractivity contribution in [2.45, 2.75) is 12.5 Å². The Morgan fingerprint density at radius 2 is 1.85 bits per heavy atom. The standard InChI is InChI=1S/C9H9F2NO/c10-6-3-5(8-1-2-12-8)4-7(11)9(6)13/h3-4,8,12-13H,1-2H2. The first kappa shape index (κ1) is 8.44. The van der Waals surface area contributed by atoms with Crippen LogP contribution in [0.15, 0.2) is 12.1 Å². The van der Waals surface area contributed by atoms with Crippen molar-refractivity contribution in [1.82, 2.24) is 5.32 Å². The summed E-state index contributed by atoms with van der Waals surface area (Å²) in [6.45, 7) is 0.870.